The van der Waals surface area contributed by atoms with Crippen LogP contribution < -0.4 is 18.9 Å². The average Bonchev–Trinajstić information content (AvgIpc) is 2.97. The molecule has 6 heteroatoms. The van der Waals surface area contributed by atoms with Crippen molar-refractivity contribution in [2.45, 2.75) is 52.4 Å². The van der Waals surface area contributed by atoms with Gasteiger partial charge >= 0.3 is 11.9 Å². The molecule has 0 N–H and O–H groups in total. The summed E-state index contributed by atoms with van der Waals surface area (Å²) in [7, 11) is 0. The van der Waals surface area contributed by atoms with Gasteiger partial charge in [-0.2, -0.15) is 0 Å². The van der Waals surface area contributed by atoms with Crippen LogP contribution in [0.4, 0.5) is 0 Å². The van der Waals surface area contributed by atoms with Crippen molar-refractivity contribution in [2.24, 2.45) is 0 Å². The predicted octanol–water partition coefficient (Wildman–Crippen LogP) is 8.21. The second-order valence-corrected chi connectivity index (χ2v) is 9.41. The fraction of sp³-hybridized carbons (Fsp3) is 0.294. The topological polar surface area (TPSA) is 71.1 Å². The molecule has 3 aromatic carbocycles. The molecule has 6 nitrogen and oxygen atoms in total. The lowest BCUT2D eigenvalue weighted by molar-refractivity contribution is 0.0717. The summed E-state index contributed by atoms with van der Waals surface area (Å²) in [6.45, 7) is 12.3. The molecule has 0 radical (unpaired) electrons. The molecule has 0 spiro atoms. The molecule has 0 amide bonds. The highest BCUT2D eigenvalue weighted by Gasteiger charge is 2.16. The van der Waals surface area contributed by atoms with Crippen molar-refractivity contribution in [1.82, 2.24) is 0 Å². The lowest BCUT2D eigenvalue weighted by Crippen LogP contribution is -2.12. The van der Waals surface area contributed by atoms with Crippen molar-refractivity contribution < 1.29 is 28.5 Å². The van der Waals surface area contributed by atoms with Gasteiger partial charge in [0.2, 0.25) is 0 Å². The summed E-state index contributed by atoms with van der Waals surface area (Å²) in [5.41, 5.74) is 2.24. The van der Waals surface area contributed by atoms with E-state index in [4.69, 9.17) is 18.9 Å². The molecule has 0 atom stereocenters. The molecule has 210 valence electrons. The van der Waals surface area contributed by atoms with E-state index in [0.29, 0.717) is 58.5 Å². The van der Waals surface area contributed by atoms with Crippen LogP contribution in [0.3, 0.4) is 0 Å². The molecule has 3 aromatic rings. The number of hydrogen-bond donors (Lipinski definition) is 0. The molecule has 3 rings (SSSR count). The summed E-state index contributed by atoms with van der Waals surface area (Å²) in [6.07, 6.45) is 9.68. The van der Waals surface area contributed by atoms with E-state index in [1.807, 2.05) is 26.0 Å². The van der Waals surface area contributed by atoms with Gasteiger partial charge in [-0.15, -0.1) is 13.2 Å². The quantitative estimate of drug-likeness (QED) is 0.0786. The highest BCUT2D eigenvalue weighted by molar-refractivity contribution is 5.92. The zero-order valence-corrected chi connectivity index (χ0v) is 23.4. The van der Waals surface area contributed by atoms with Gasteiger partial charge in [-0.3, -0.25) is 0 Å². The zero-order chi connectivity index (χ0) is 28.7. The maximum absolute atomic E-state index is 12.7. The maximum atomic E-state index is 12.7. The maximum Gasteiger partial charge on any atom is 0.343 e. The van der Waals surface area contributed by atoms with Crippen molar-refractivity contribution in [3.63, 3.8) is 0 Å². The minimum atomic E-state index is -0.479. The molecule has 0 heterocycles. The highest BCUT2D eigenvalue weighted by Crippen LogP contribution is 2.30. The minimum Gasteiger partial charge on any atom is -0.494 e. The smallest absolute Gasteiger partial charge is 0.343 e. The van der Waals surface area contributed by atoms with Gasteiger partial charge in [0.05, 0.1) is 24.3 Å². The molecule has 0 aromatic heterocycles. The molecule has 40 heavy (non-hydrogen) atoms. The van der Waals surface area contributed by atoms with Gasteiger partial charge in [0, 0.05) is 0 Å². The SMILES string of the molecule is C=CCCCCOc1ccc(C(=O)Oc2ccc(OC(=O)c3ccc(OCCCCC=C)cc3)c(C)c2C)cc1. The molecule has 0 aliphatic rings. The minimum absolute atomic E-state index is 0.402. The first-order valence-electron chi connectivity index (χ1n) is 13.6. The van der Waals surface area contributed by atoms with Gasteiger partial charge in [0.25, 0.3) is 0 Å². The Labute approximate surface area is 237 Å². The molecular formula is C34H38O6. The second-order valence-electron chi connectivity index (χ2n) is 9.41. The Morgan fingerprint density at radius 2 is 0.975 bits per heavy atom. The molecule has 0 aliphatic heterocycles. The van der Waals surface area contributed by atoms with Crippen molar-refractivity contribution in [2.75, 3.05) is 13.2 Å². The van der Waals surface area contributed by atoms with Crippen LogP contribution in [0, 0.1) is 13.8 Å². The van der Waals surface area contributed by atoms with Crippen LogP contribution in [0.2, 0.25) is 0 Å². The normalized spacial score (nSPS) is 10.4. The van der Waals surface area contributed by atoms with E-state index in [-0.39, 0.29) is 0 Å². The Morgan fingerprint density at radius 3 is 1.32 bits per heavy atom. The summed E-state index contributed by atoms with van der Waals surface area (Å²) >= 11 is 0. The monoisotopic (exact) mass is 542 g/mol. The fourth-order valence-electron chi connectivity index (χ4n) is 3.85. The number of allylic oxidation sites excluding steroid dienone is 2. The van der Waals surface area contributed by atoms with E-state index >= 15 is 0 Å². The Kier molecular flexibility index (Phi) is 12.0. The molecule has 0 fully saturated rings. The first-order valence-corrected chi connectivity index (χ1v) is 13.6. The third-order valence-corrected chi connectivity index (χ3v) is 6.42. The standard InChI is InChI=1S/C34H38O6/c1-5-7-9-11-23-37-29-17-13-27(14-18-29)33(35)39-31-21-22-32(26(4)25(31)3)40-34(36)28-15-19-30(20-16-28)38-24-12-10-8-6-2/h5-6,13-22H,1-2,7-12,23-24H2,3-4H3. The van der Waals surface area contributed by atoms with Gasteiger partial charge in [0.1, 0.15) is 23.0 Å². The van der Waals surface area contributed by atoms with Crippen molar-refractivity contribution in [1.29, 1.82) is 0 Å². The first-order chi connectivity index (χ1) is 19.4. The number of esters is 2. The van der Waals surface area contributed by atoms with Crippen molar-refractivity contribution in [3.8, 4) is 23.0 Å². The number of ether oxygens (including phenoxy) is 4. The van der Waals surface area contributed by atoms with Gasteiger partial charge in [-0.05, 0) is 124 Å². The summed E-state index contributed by atoms with van der Waals surface area (Å²) in [5.74, 6) is 1.25. The van der Waals surface area contributed by atoms with E-state index in [9.17, 15) is 9.59 Å². The molecule has 0 unspecified atom stereocenters. The van der Waals surface area contributed by atoms with Crippen LogP contribution in [0.25, 0.3) is 0 Å². The van der Waals surface area contributed by atoms with Crippen LogP contribution >= 0.6 is 0 Å². The first kappa shape index (κ1) is 30.2. The number of carbonyl (C=O) groups excluding carboxylic acids is 2. The van der Waals surface area contributed by atoms with Crippen LogP contribution in [0.15, 0.2) is 86.0 Å². The lowest BCUT2D eigenvalue weighted by atomic mass is 10.1. The summed E-state index contributed by atoms with van der Waals surface area (Å²) in [4.78, 5) is 25.5. The number of unbranched alkanes of at least 4 members (excludes halogenated alkanes) is 4. The van der Waals surface area contributed by atoms with Gasteiger partial charge in [0.15, 0.2) is 0 Å². The molecule has 0 saturated carbocycles. The number of hydrogen-bond acceptors (Lipinski definition) is 6. The predicted molar refractivity (Wildman–Crippen MR) is 158 cm³/mol. The van der Waals surface area contributed by atoms with E-state index in [1.54, 1.807) is 60.7 Å². The Bertz CT molecular complexity index is 1170. The summed E-state index contributed by atoms with van der Waals surface area (Å²) in [5, 5.41) is 0. The van der Waals surface area contributed by atoms with Gasteiger partial charge in [-0.1, -0.05) is 12.2 Å². The number of carbonyl (C=O) groups is 2. The van der Waals surface area contributed by atoms with E-state index in [2.05, 4.69) is 13.2 Å². The molecule has 0 saturated heterocycles. The van der Waals surface area contributed by atoms with E-state index in [1.165, 1.54) is 0 Å². The van der Waals surface area contributed by atoms with Crippen molar-refractivity contribution in [3.05, 3.63) is 108 Å². The third-order valence-electron chi connectivity index (χ3n) is 6.42. The summed E-state index contributed by atoms with van der Waals surface area (Å²) in [6, 6.07) is 17.0. The number of benzene rings is 3. The largest absolute Gasteiger partial charge is 0.494 e. The van der Waals surface area contributed by atoms with Crippen LogP contribution in [0.1, 0.15) is 70.4 Å². The van der Waals surface area contributed by atoms with Crippen LogP contribution in [-0.4, -0.2) is 25.2 Å². The van der Waals surface area contributed by atoms with Crippen molar-refractivity contribution >= 4 is 11.9 Å². The Balaban J connectivity index is 1.54. The van der Waals surface area contributed by atoms with Crippen LogP contribution in [-0.2, 0) is 0 Å². The Hall–Kier alpha value is -4.32. The molecule has 0 aliphatic carbocycles. The zero-order valence-electron chi connectivity index (χ0n) is 23.4. The highest BCUT2D eigenvalue weighted by atomic mass is 16.5. The van der Waals surface area contributed by atoms with Gasteiger partial charge in [-0.25, -0.2) is 9.59 Å². The Morgan fingerprint density at radius 1 is 0.600 bits per heavy atom. The number of rotatable bonds is 16. The average molecular weight is 543 g/mol. The van der Waals surface area contributed by atoms with E-state index < -0.39 is 11.9 Å². The third kappa shape index (κ3) is 9.16. The molecule has 0 bridgehead atoms. The van der Waals surface area contributed by atoms with Gasteiger partial charge < -0.3 is 18.9 Å². The lowest BCUT2D eigenvalue weighted by Gasteiger charge is -2.14. The fourth-order valence-corrected chi connectivity index (χ4v) is 3.85. The molecular weight excluding hydrogens is 504 g/mol. The second kappa shape index (κ2) is 15.9. The van der Waals surface area contributed by atoms with Crippen LogP contribution in [0.5, 0.6) is 23.0 Å². The summed E-state index contributed by atoms with van der Waals surface area (Å²) < 4.78 is 22.7. The van der Waals surface area contributed by atoms with E-state index in [0.717, 1.165) is 38.5 Å².